The van der Waals surface area contributed by atoms with E-state index < -0.39 is 0 Å². The smallest absolute Gasteiger partial charge is 0.330 e. The Bertz CT molecular complexity index is 1090. The van der Waals surface area contributed by atoms with E-state index in [1.807, 2.05) is 17.0 Å². The van der Waals surface area contributed by atoms with Crippen LogP contribution < -0.4 is 5.69 Å². The molecule has 0 aromatic carbocycles. The number of hydrogen-bond donors (Lipinski definition) is 0. The highest BCUT2D eigenvalue weighted by molar-refractivity contribution is 7.03. The number of nitrogens with zero attached hydrogens (tertiary/aromatic N) is 6. The SMILES string of the molecule is Cn1c(=O)n(CC(C)(C)C)c2ccc(C3CCCN(C(=O)c4csnn4)C3)nc21. The molecule has 0 spiro atoms. The van der Waals surface area contributed by atoms with Crippen molar-refractivity contribution >= 4 is 28.6 Å². The summed E-state index contributed by atoms with van der Waals surface area (Å²) in [5.74, 6) is 0.0676. The van der Waals surface area contributed by atoms with E-state index in [4.69, 9.17) is 4.98 Å². The number of amides is 1. The van der Waals surface area contributed by atoms with Crippen LogP contribution in [0.25, 0.3) is 11.2 Å². The summed E-state index contributed by atoms with van der Waals surface area (Å²) in [5.41, 5.74) is 2.83. The second kappa shape index (κ2) is 7.37. The average Bonchev–Trinajstić information content (AvgIpc) is 3.30. The Labute approximate surface area is 173 Å². The van der Waals surface area contributed by atoms with Gasteiger partial charge >= 0.3 is 5.69 Å². The van der Waals surface area contributed by atoms with Crippen LogP contribution in [-0.4, -0.2) is 47.6 Å². The highest BCUT2D eigenvalue weighted by Gasteiger charge is 2.28. The van der Waals surface area contributed by atoms with E-state index in [1.54, 1.807) is 21.6 Å². The maximum atomic E-state index is 12.7. The van der Waals surface area contributed by atoms with Crippen molar-refractivity contribution in [1.29, 1.82) is 0 Å². The second-order valence-corrected chi connectivity index (χ2v) is 9.56. The normalized spacial score (nSPS) is 17.8. The molecule has 0 bridgehead atoms. The minimum atomic E-state index is -0.0757. The van der Waals surface area contributed by atoms with Gasteiger partial charge in [-0.25, -0.2) is 9.78 Å². The molecule has 1 aliphatic heterocycles. The Morgan fingerprint density at radius 2 is 2.10 bits per heavy atom. The van der Waals surface area contributed by atoms with Crippen LogP contribution >= 0.6 is 11.5 Å². The molecule has 4 heterocycles. The lowest BCUT2D eigenvalue weighted by atomic mass is 9.94. The minimum absolute atomic E-state index is 0.00837. The number of imidazole rings is 1. The van der Waals surface area contributed by atoms with Crippen LogP contribution in [0.15, 0.2) is 22.3 Å². The second-order valence-electron chi connectivity index (χ2n) is 8.95. The molecule has 0 radical (unpaired) electrons. The van der Waals surface area contributed by atoms with Crippen LogP contribution in [0.2, 0.25) is 0 Å². The maximum absolute atomic E-state index is 12.7. The van der Waals surface area contributed by atoms with Gasteiger partial charge in [-0.15, -0.1) is 5.10 Å². The largest absolute Gasteiger partial charge is 0.337 e. The zero-order valence-corrected chi connectivity index (χ0v) is 18.1. The fraction of sp³-hybridized carbons (Fsp3) is 0.550. The van der Waals surface area contributed by atoms with Crippen LogP contribution in [-0.2, 0) is 13.6 Å². The van der Waals surface area contributed by atoms with Gasteiger partial charge in [-0.3, -0.25) is 13.9 Å². The van der Waals surface area contributed by atoms with E-state index in [0.29, 0.717) is 24.4 Å². The lowest BCUT2D eigenvalue weighted by Crippen LogP contribution is -2.39. The van der Waals surface area contributed by atoms with Crippen molar-refractivity contribution < 1.29 is 4.79 Å². The van der Waals surface area contributed by atoms with Crippen molar-refractivity contribution in [3.8, 4) is 0 Å². The number of hydrogen-bond acceptors (Lipinski definition) is 6. The summed E-state index contributed by atoms with van der Waals surface area (Å²) >= 11 is 1.18. The molecule has 4 rings (SSSR count). The third-order valence-electron chi connectivity index (χ3n) is 5.34. The highest BCUT2D eigenvalue weighted by atomic mass is 32.1. The molecule has 1 aliphatic rings. The van der Waals surface area contributed by atoms with Gasteiger partial charge in [0.05, 0.1) is 5.52 Å². The van der Waals surface area contributed by atoms with E-state index in [9.17, 15) is 9.59 Å². The van der Waals surface area contributed by atoms with Crippen LogP contribution in [0, 0.1) is 5.41 Å². The van der Waals surface area contributed by atoms with E-state index in [-0.39, 0.29) is 22.9 Å². The quantitative estimate of drug-likeness (QED) is 0.658. The fourth-order valence-corrected chi connectivity index (χ4v) is 4.40. The van der Waals surface area contributed by atoms with Gasteiger partial charge in [-0.1, -0.05) is 25.3 Å². The Morgan fingerprint density at radius 1 is 1.31 bits per heavy atom. The van der Waals surface area contributed by atoms with Gasteiger partial charge in [0.2, 0.25) is 0 Å². The lowest BCUT2D eigenvalue weighted by molar-refractivity contribution is 0.0700. The van der Waals surface area contributed by atoms with Gasteiger partial charge in [-0.2, -0.15) is 0 Å². The van der Waals surface area contributed by atoms with Gasteiger partial charge < -0.3 is 4.90 Å². The van der Waals surface area contributed by atoms with Gasteiger partial charge in [-0.05, 0) is 41.9 Å². The number of fused-ring (bicyclic) bond motifs is 1. The Kier molecular flexibility index (Phi) is 5.02. The number of rotatable bonds is 3. The molecule has 1 fully saturated rings. The molecular weight excluding hydrogens is 388 g/mol. The molecule has 1 saturated heterocycles. The van der Waals surface area contributed by atoms with Crippen molar-refractivity contribution in [2.45, 2.75) is 46.1 Å². The summed E-state index contributed by atoms with van der Waals surface area (Å²) in [5, 5.41) is 5.59. The molecule has 29 heavy (non-hydrogen) atoms. The van der Waals surface area contributed by atoms with Crippen LogP contribution in [0.3, 0.4) is 0 Å². The van der Waals surface area contributed by atoms with E-state index >= 15 is 0 Å². The number of pyridine rings is 1. The molecule has 1 unspecified atom stereocenters. The molecule has 0 saturated carbocycles. The zero-order valence-electron chi connectivity index (χ0n) is 17.3. The van der Waals surface area contributed by atoms with Crippen molar-refractivity contribution in [3.05, 3.63) is 39.4 Å². The Morgan fingerprint density at radius 3 is 2.79 bits per heavy atom. The topological polar surface area (TPSA) is 85.9 Å². The highest BCUT2D eigenvalue weighted by Crippen LogP contribution is 2.28. The molecule has 0 N–H and O–H groups in total. The predicted octanol–water partition coefficient (Wildman–Crippen LogP) is 2.65. The minimum Gasteiger partial charge on any atom is -0.337 e. The number of aryl methyl sites for hydroxylation is 1. The Balaban J connectivity index is 1.63. The average molecular weight is 415 g/mol. The van der Waals surface area contributed by atoms with Crippen molar-refractivity contribution in [2.24, 2.45) is 12.5 Å². The van der Waals surface area contributed by atoms with Crippen LogP contribution in [0.1, 0.15) is 55.7 Å². The van der Waals surface area contributed by atoms with Gasteiger partial charge in [0, 0.05) is 43.7 Å². The first kappa shape index (κ1) is 19.8. The molecule has 3 aromatic rings. The van der Waals surface area contributed by atoms with Crippen LogP contribution in [0.5, 0.6) is 0 Å². The molecule has 1 amide bonds. The summed E-state index contributed by atoms with van der Waals surface area (Å²) in [6.45, 7) is 8.31. The molecule has 8 nitrogen and oxygen atoms in total. The van der Waals surface area contributed by atoms with Gasteiger partial charge in [0.15, 0.2) is 11.3 Å². The standard InChI is InChI=1S/C20H26N6O2S/c1-20(2,3)12-26-16-8-7-14(21-17(16)24(4)19(26)28)13-6-5-9-25(10-13)18(27)15-11-29-23-22-15/h7-8,11,13H,5-6,9-10,12H2,1-4H3. The number of piperidine rings is 1. The van der Waals surface area contributed by atoms with Gasteiger partial charge in [0.25, 0.3) is 5.91 Å². The molecule has 0 aliphatic carbocycles. The number of carbonyl (C=O) groups excluding carboxylic acids is 1. The molecule has 1 atom stereocenters. The van der Waals surface area contributed by atoms with Crippen LogP contribution in [0.4, 0.5) is 0 Å². The van der Waals surface area contributed by atoms with Gasteiger partial charge in [0.1, 0.15) is 0 Å². The van der Waals surface area contributed by atoms with Crippen molar-refractivity contribution in [3.63, 3.8) is 0 Å². The third kappa shape index (κ3) is 3.83. The number of carbonyl (C=O) groups is 1. The van der Waals surface area contributed by atoms with Crippen molar-refractivity contribution in [1.82, 2.24) is 28.6 Å². The van der Waals surface area contributed by atoms with E-state index in [0.717, 1.165) is 30.6 Å². The first-order chi connectivity index (χ1) is 13.7. The molecule has 154 valence electrons. The summed E-state index contributed by atoms with van der Waals surface area (Å²) in [6, 6.07) is 4.00. The Hall–Kier alpha value is -2.55. The predicted molar refractivity (Wildman–Crippen MR) is 112 cm³/mol. The summed E-state index contributed by atoms with van der Waals surface area (Å²) in [4.78, 5) is 32.1. The van der Waals surface area contributed by atoms with E-state index in [2.05, 4.69) is 30.4 Å². The zero-order chi connectivity index (χ0) is 20.8. The first-order valence-electron chi connectivity index (χ1n) is 9.87. The molecule has 9 heteroatoms. The third-order valence-corrected chi connectivity index (χ3v) is 5.85. The maximum Gasteiger partial charge on any atom is 0.330 e. The molecular formula is C20H26N6O2S. The van der Waals surface area contributed by atoms with E-state index in [1.165, 1.54) is 11.5 Å². The summed E-state index contributed by atoms with van der Waals surface area (Å²) in [7, 11) is 1.77. The summed E-state index contributed by atoms with van der Waals surface area (Å²) < 4.78 is 7.22. The number of aromatic nitrogens is 5. The first-order valence-corrected chi connectivity index (χ1v) is 10.7. The monoisotopic (exact) mass is 414 g/mol. The summed E-state index contributed by atoms with van der Waals surface area (Å²) in [6.07, 6.45) is 1.88. The van der Waals surface area contributed by atoms with Crippen molar-refractivity contribution in [2.75, 3.05) is 13.1 Å². The molecule has 3 aromatic heterocycles. The number of likely N-dealkylation sites (tertiary alicyclic amines) is 1. The lowest BCUT2D eigenvalue weighted by Gasteiger charge is -2.32. The fourth-order valence-electron chi connectivity index (χ4n) is 3.97.